The molecule has 5 rings (SSSR count). The number of rotatable bonds is 4. The van der Waals surface area contributed by atoms with E-state index in [1.54, 1.807) is 42.9 Å². The Bertz CT molecular complexity index is 1680. The van der Waals surface area contributed by atoms with Gasteiger partial charge in [-0.2, -0.15) is 0 Å². The molecule has 1 aliphatic heterocycles. The fourth-order valence-corrected chi connectivity index (χ4v) is 5.59. The summed E-state index contributed by atoms with van der Waals surface area (Å²) in [4.78, 5) is 31.8. The molecule has 0 saturated carbocycles. The van der Waals surface area contributed by atoms with Crippen molar-refractivity contribution >= 4 is 34.0 Å². The number of aromatic hydroxyl groups is 1. The van der Waals surface area contributed by atoms with Crippen molar-refractivity contribution in [3.8, 4) is 11.5 Å². The van der Waals surface area contributed by atoms with Crippen LogP contribution in [0, 0.1) is 0 Å². The van der Waals surface area contributed by atoms with Crippen molar-refractivity contribution in [3.63, 3.8) is 0 Å². The molecular weight excluding hydrogens is 448 g/mol. The van der Waals surface area contributed by atoms with Crippen molar-refractivity contribution in [2.45, 2.75) is 19.9 Å². The van der Waals surface area contributed by atoms with E-state index in [1.807, 2.05) is 42.5 Å². The fraction of sp³-hybridized carbons (Fsp3) is 0.148. The maximum atomic E-state index is 13.7. The maximum Gasteiger partial charge on any atom is 0.271 e. The molecule has 0 radical (unpaired) electrons. The Hall–Kier alpha value is -3.97. The zero-order chi connectivity index (χ0) is 24.0. The van der Waals surface area contributed by atoms with Crippen LogP contribution in [0.25, 0.3) is 16.8 Å². The van der Waals surface area contributed by atoms with Crippen LogP contribution in [0.1, 0.15) is 31.0 Å². The molecule has 170 valence electrons. The van der Waals surface area contributed by atoms with Crippen LogP contribution in [-0.4, -0.2) is 22.6 Å². The number of phenolic OH excluding ortho intramolecular Hbond substituents is 1. The van der Waals surface area contributed by atoms with E-state index in [4.69, 9.17) is 4.74 Å². The lowest BCUT2D eigenvalue weighted by Crippen LogP contribution is -2.39. The summed E-state index contributed by atoms with van der Waals surface area (Å²) in [5, 5.41) is 11.7. The molecule has 0 fully saturated rings. The number of phenols is 1. The molecule has 1 aliphatic rings. The fourth-order valence-electron chi connectivity index (χ4n) is 4.55. The van der Waals surface area contributed by atoms with Crippen LogP contribution in [-0.2, 0) is 4.79 Å². The lowest BCUT2D eigenvalue weighted by molar-refractivity contribution is -0.114. The molecule has 0 saturated heterocycles. The van der Waals surface area contributed by atoms with Crippen LogP contribution in [0.2, 0.25) is 0 Å². The zero-order valence-electron chi connectivity index (χ0n) is 18.9. The summed E-state index contributed by atoms with van der Waals surface area (Å²) in [6.07, 6.45) is 1.73. The molecule has 6 nitrogen and oxygen atoms in total. The summed E-state index contributed by atoms with van der Waals surface area (Å²) in [5.74, 6) is 0.567. The minimum Gasteiger partial charge on any atom is -0.508 e. The third-order valence-corrected chi connectivity index (χ3v) is 6.98. The van der Waals surface area contributed by atoms with Crippen LogP contribution >= 0.6 is 11.3 Å². The van der Waals surface area contributed by atoms with Gasteiger partial charge in [0.1, 0.15) is 11.5 Å². The van der Waals surface area contributed by atoms with Crippen molar-refractivity contribution in [1.29, 1.82) is 0 Å². The Kier molecular flexibility index (Phi) is 5.42. The number of allylic oxidation sites excluding steroid dienone is 2. The highest BCUT2D eigenvalue weighted by atomic mass is 32.1. The second-order valence-electron chi connectivity index (χ2n) is 8.14. The van der Waals surface area contributed by atoms with E-state index >= 15 is 0 Å². The summed E-state index contributed by atoms with van der Waals surface area (Å²) >= 11 is 1.26. The van der Waals surface area contributed by atoms with Crippen molar-refractivity contribution in [3.05, 3.63) is 103 Å². The molecule has 0 bridgehead atoms. The van der Waals surface area contributed by atoms with Gasteiger partial charge in [0.2, 0.25) is 0 Å². The number of benzene rings is 3. The second-order valence-corrected chi connectivity index (χ2v) is 9.14. The third-order valence-electron chi connectivity index (χ3n) is 5.99. The van der Waals surface area contributed by atoms with Crippen LogP contribution in [0.5, 0.6) is 11.5 Å². The highest BCUT2D eigenvalue weighted by Crippen LogP contribution is 2.40. The molecular formula is C27H22N2O4S. The molecule has 1 aromatic heterocycles. The van der Waals surface area contributed by atoms with Crippen LogP contribution < -0.4 is 19.6 Å². The third kappa shape index (κ3) is 3.54. The van der Waals surface area contributed by atoms with Gasteiger partial charge in [-0.15, -0.1) is 0 Å². The van der Waals surface area contributed by atoms with Gasteiger partial charge in [0.25, 0.3) is 5.56 Å². The predicted molar refractivity (Wildman–Crippen MR) is 133 cm³/mol. The van der Waals surface area contributed by atoms with Crippen LogP contribution in [0.15, 0.2) is 81.7 Å². The van der Waals surface area contributed by atoms with E-state index in [-0.39, 0.29) is 17.1 Å². The Morgan fingerprint density at radius 1 is 1.15 bits per heavy atom. The standard InChI is InChI=1S/C27H22N2O4S/c1-15-23(16(2)30)25(24-20-10-5-4-8-18(20)11-12-21(24)33-3)29-26(32)22(34-27(29)28-15)14-17-7-6-9-19(31)13-17/h4-14,25,31H,1-3H3/t25-/m0/s1. The van der Waals surface area contributed by atoms with Crippen molar-refractivity contribution in [2.24, 2.45) is 4.99 Å². The molecule has 0 spiro atoms. The number of hydrogen-bond donors (Lipinski definition) is 1. The van der Waals surface area contributed by atoms with Crippen molar-refractivity contribution < 1.29 is 14.6 Å². The Morgan fingerprint density at radius 3 is 2.68 bits per heavy atom. The molecule has 7 heteroatoms. The number of Topliss-reactive ketones (excluding diaryl/α,β-unsaturated/α-hetero) is 1. The monoisotopic (exact) mass is 470 g/mol. The number of thiazole rings is 1. The van der Waals surface area contributed by atoms with Crippen molar-refractivity contribution in [2.75, 3.05) is 7.11 Å². The second kappa shape index (κ2) is 8.43. The summed E-state index contributed by atoms with van der Waals surface area (Å²) < 4.78 is 7.78. The SMILES string of the molecule is COc1ccc2ccccc2c1[C@@H]1C(C(C)=O)=C(C)N=c2sc(=Cc3cccc(O)c3)c(=O)n21. The Morgan fingerprint density at radius 2 is 1.94 bits per heavy atom. The van der Waals surface area contributed by atoms with Gasteiger partial charge in [0.15, 0.2) is 10.6 Å². The molecule has 34 heavy (non-hydrogen) atoms. The molecule has 0 amide bonds. The number of nitrogens with zero attached hydrogens (tertiary/aromatic N) is 2. The Labute approximate surface area is 199 Å². The number of hydrogen-bond acceptors (Lipinski definition) is 6. The number of ether oxygens (including phenoxy) is 1. The average Bonchev–Trinajstić information content (AvgIpc) is 3.11. The first-order valence-electron chi connectivity index (χ1n) is 10.8. The van der Waals surface area contributed by atoms with E-state index in [9.17, 15) is 14.7 Å². The smallest absolute Gasteiger partial charge is 0.271 e. The first kappa shape index (κ1) is 21.9. The summed E-state index contributed by atoms with van der Waals surface area (Å²) in [6, 6.07) is 17.7. The van der Waals surface area contributed by atoms with Gasteiger partial charge in [-0.25, -0.2) is 4.99 Å². The summed E-state index contributed by atoms with van der Waals surface area (Å²) in [5.41, 5.74) is 2.25. The predicted octanol–water partition coefficient (Wildman–Crippen LogP) is 3.69. The molecule has 1 atom stereocenters. The molecule has 3 aromatic carbocycles. The van der Waals surface area contributed by atoms with E-state index in [1.165, 1.54) is 18.3 Å². The highest BCUT2D eigenvalue weighted by molar-refractivity contribution is 7.07. The minimum atomic E-state index is -0.680. The van der Waals surface area contributed by atoms with Gasteiger partial charge in [-0.1, -0.05) is 53.8 Å². The quantitative estimate of drug-likeness (QED) is 0.493. The molecule has 1 N–H and O–H groups in total. The zero-order valence-corrected chi connectivity index (χ0v) is 19.7. The van der Waals surface area contributed by atoms with E-state index in [2.05, 4.69) is 4.99 Å². The van der Waals surface area contributed by atoms with Gasteiger partial charge in [0.05, 0.1) is 17.7 Å². The maximum absolute atomic E-state index is 13.7. The molecule has 0 aliphatic carbocycles. The summed E-state index contributed by atoms with van der Waals surface area (Å²) in [7, 11) is 1.59. The lowest BCUT2D eigenvalue weighted by Gasteiger charge is -2.27. The van der Waals surface area contributed by atoms with Gasteiger partial charge >= 0.3 is 0 Å². The van der Waals surface area contributed by atoms with Gasteiger partial charge < -0.3 is 9.84 Å². The topological polar surface area (TPSA) is 80.9 Å². The van der Waals surface area contributed by atoms with Crippen molar-refractivity contribution in [1.82, 2.24) is 4.57 Å². The van der Waals surface area contributed by atoms with Gasteiger partial charge in [-0.3, -0.25) is 14.2 Å². The van der Waals surface area contributed by atoms with Crippen LogP contribution in [0.3, 0.4) is 0 Å². The lowest BCUT2D eigenvalue weighted by atomic mass is 9.89. The number of carbonyl (C=O) groups excluding carboxylic acids is 1. The first-order chi connectivity index (χ1) is 16.4. The van der Waals surface area contributed by atoms with Gasteiger partial charge in [-0.05, 0) is 54.5 Å². The van der Waals surface area contributed by atoms with E-state index < -0.39 is 6.04 Å². The minimum absolute atomic E-state index is 0.120. The molecule has 2 heterocycles. The normalized spacial score (nSPS) is 15.9. The molecule has 0 unspecified atom stereocenters. The molecule has 4 aromatic rings. The van der Waals surface area contributed by atoms with E-state index in [0.29, 0.717) is 31.9 Å². The number of fused-ring (bicyclic) bond motifs is 2. The van der Waals surface area contributed by atoms with Gasteiger partial charge in [0, 0.05) is 16.8 Å². The summed E-state index contributed by atoms with van der Waals surface area (Å²) in [6.45, 7) is 3.30. The number of methoxy groups -OCH3 is 1. The average molecular weight is 471 g/mol. The largest absolute Gasteiger partial charge is 0.508 e. The number of carbonyl (C=O) groups is 1. The first-order valence-corrected chi connectivity index (χ1v) is 11.6. The van der Waals surface area contributed by atoms with E-state index in [0.717, 1.165) is 16.3 Å². The number of ketones is 1. The Balaban J connectivity index is 1.87. The van der Waals surface area contributed by atoms with Crippen LogP contribution in [0.4, 0.5) is 0 Å². The number of aromatic nitrogens is 1. The highest BCUT2D eigenvalue weighted by Gasteiger charge is 2.33.